The molecular weight excluding hydrogens is 376 g/mol. The van der Waals surface area contributed by atoms with Gasteiger partial charge in [0.25, 0.3) is 0 Å². The molecule has 0 spiro atoms. The molecule has 0 bridgehead atoms. The van der Waals surface area contributed by atoms with Gasteiger partial charge in [-0.3, -0.25) is 0 Å². The molecule has 30 heavy (non-hydrogen) atoms. The third-order valence-corrected chi connectivity index (χ3v) is 6.01. The molecule has 4 atom stereocenters. The van der Waals surface area contributed by atoms with E-state index in [1.165, 1.54) is 0 Å². The summed E-state index contributed by atoms with van der Waals surface area (Å²) in [7, 11) is 1.67. The summed E-state index contributed by atoms with van der Waals surface area (Å²) in [5, 5.41) is 0. The minimum absolute atomic E-state index is 0.0800. The second-order valence-electron chi connectivity index (χ2n) is 7.80. The van der Waals surface area contributed by atoms with Gasteiger partial charge in [-0.15, -0.1) is 0 Å². The van der Waals surface area contributed by atoms with Gasteiger partial charge >= 0.3 is 0 Å². The molecule has 0 unspecified atom stereocenters. The lowest BCUT2D eigenvalue weighted by molar-refractivity contribution is -0.191. The first-order chi connectivity index (χ1) is 14.8. The molecule has 0 aromatic heterocycles. The molecule has 0 amide bonds. The third-order valence-electron chi connectivity index (χ3n) is 6.01. The van der Waals surface area contributed by atoms with E-state index in [1.54, 1.807) is 7.11 Å². The highest BCUT2D eigenvalue weighted by Crippen LogP contribution is 2.43. The summed E-state index contributed by atoms with van der Waals surface area (Å²) in [6.45, 7) is 0.402. The van der Waals surface area contributed by atoms with Crippen molar-refractivity contribution < 1.29 is 18.9 Å². The normalized spacial score (nSPS) is 25.5. The van der Waals surface area contributed by atoms with Gasteiger partial charge in [-0.25, -0.2) is 0 Å². The first-order valence-electron chi connectivity index (χ1n) is 10.5. The largest absolute Gasteiger partial charge is 0.366 e. The summed E-state index contributed by atoms with van der Waals surface area (Å²) in [6, 6.07) is 31.1. The quantitative estimate of drug-likeness (QED) is 0.430. The number of ether oxygens (including phenoxy) is 4. The SMILES string of the molecule is CO[C@@H]1C[C@@H]2O[C@@H]2[C@@H](COC(c2ccccc2)(c2ccccc2)c2ccccc2)O1. The van der Waals surface area contributed by atoms with Crippen molar-refractivity contribution in [3.8, 4) is 0 Å². The molecule has 2 aliphatic rings. The Kier molecular flexibility index (Phi) is 5.40. The first kappa shape index (κ1) is 19.5. The van der Waals surface area contributed by atoms with Crippen LogP contribution in [-0.2, 0) is 24.5 Å². The summed E-state index contributed by atoms with van der Waals surface area (Å²) in [6.07, 6.45) is 0.651. The molecule has 5 rings (SSSR count). The lowest BCUT2D eigenvalue weighted by atomic mass is 9.80. The number of hydrogen-bond acceptors (Lipinski definition) is 4. The zero-order valence-electron chi connectivity index (χ0n) is 17.0. The molecule has 3 aromatic carbocycles. The van der Waals surface area contributed by atoms with Gasteiger partial charge in [0.2, 0.25) is 0 Å². The Hall–Kier alpha value is -2.50. The molecule has 3 aromatic rings. The predicted octanol–water partition coefficient (Wildman–Crippen LogP) is 4.52. The van der Waals surface area contributed by atoms with Crippen LogP contribution in [0.25, 0.3) is 0 Å². The number of benzene rings is 3. The van der Waals surface area contributed by atoms with Crippen molar-refractivity contribution in [2.24, 2.45) is 0 Å². The maximum Gasteiger partial charge on any atom is 0.160 e. The molecule has 154 valence electrons. The van der Waals surface area contributed by atoms with E-state index >= 15 is 0 Å². The van der Waals surface area contributed by atoms with E-state index in [0.717, 1.165) is 23.1 Å². The van der Waals surface area contributed by atoms with Gasteiger partial charge < -0.3 is 18.9 Å². The maximum absolute atomic E-state index is 6.86. The fourth-order valence-corrected chi connectivity index (χ4v) is 4.45. The molecule has 2 aliphatic heterocycles. The molecule has 0 saturated carbocycles. The highest BCUT2D eigenvalue weighted by molar-refractivity contribution is 5.47. The van der Waals surface area contributed by atoms with Gasteiger partial charge in [0.05, 0.1) is 12.7 Å². The van der Waals surface area contributed by atoms with Gasteiger partial charge in [0.15, 0.2) is 6.29 Å². The van der Waals surface area contributed by atoms with Crippen LogP contribution in [0.5, 0.6) is 0 Å². The topological polar surface area (TPSA) is 40.2 Å². The van der Waals surface area contributed by atoms with Crippen molar-refractivity contribution in [3.05, 3.63) is 108 Å². The molecule has 2 fully saturated rings. The van der Waals surface area contributed by atoms with Crippen molar-refractivity contribution in [1.29, 1.82) is 0 Å². The van der Waals surface area contributed by atoms with E-state index in [1.807, 2.05) is 18.2 Å². The number of fused-ring (bicyclic) bond motifs is 1. The van der Waals surface area contributed by atoms with Crippen LogP contribution in [0.1, 0.15) is 23.1 Å². The molecule has 0 aliphatic carbocycles. The van der Waals surface area contributed by atoms with Crippen molar-refractivity contribution >= 4 is 0 Å². The second kappa shape index (κ2) is 8.32. The Morgan fingerprint density at radius 2 is 1.27 bits per heavy atom. The molecule has 4 nitrogen and oxygen atoms in total. The number of hydrogen-bond donors (Lipinski definition) is 0. The zero-order valence-corrected chi connectivity index (χ0v) is 17.0. The Morgan fingerprint density at radius 3 is 1.73 bits per heavy atom. The molecular formula is C26H26O4. The smallest absolute Gasteiger partial charge is 0.160 e. The van der Waals surface area contributed by atoms with Crippen molar-refractivity contribution in [2.45, 2.75) is 36.6 Å². The van der Waals surface area contributed by atoms with E-state index in [-0.39, 0.29) is 24.6 Å². The summed E-state index contributed by atoms with van der Waals surface area (Å²) in [5.41, 5.74) is 2.48. The van der Waals surface area contributed by atoms with E-state index in [9.17, 15) is 0 Å². The standard InChI is InChI=1S/C26H26O4/c1-27-24-17-22-25(30-22)23(29-24)18-28-26(19-11-5-2-6-12-19,20-13-7-3-8-14-20)21-15-9-4-10-16-21/h2-16,22-25H,17-18H2,1H3/t22-,23+,24-,25-/m0/s1. The number of methoxy groups -OCH3 is 1. The second-order valence-corrected chi connectivity index (χ2v) is 7.80. The maximum atomic E-state index is 6.86. The molecule has 2 saturated heterocycles. The van der Waals surface area contributed by atoms with Crippen LogP contribution in [0.2, 0.25) is 0 Å². The van der Waals surface area contributed by atoms with Gasteiger partial charge in [-0.2, -0.15) is 0 Å². The monoisotopic (exact) mass is 402 g/mol. The summed E-state index contributed by atoms with van der Waals surface area (Å²) < 4.78 is 24.2. The zero-order chi connectivity index (χ0) is 20.4. The highest BCUT2D eigenvalue weighted by atomic mass is 16.7. The average Bonchev–Trinajstić information content (AvgIpc) is 3.61. The minimum atomic E-state index is -0.752. The van der Waals surface area contributed by atoms with Crippen LogP contribution < -0.4 is 0 Å². The highest BCUT2D eigenvalue weighted by Gasteiger charge is 2.52. The Morgan fingerprint density at radius 1 is 0.767 bits per heavy atom. The van der Waals surface area contributed by atoms with Crippen molar-refractivity contribution in [1.82, 2.24) is 0 Å². The number of epoxide rings is 1. The summed E-state index contributed by atoms with van der Waals surface area (Å²) in [5.74, 6) is 0. The van der Waals surface area contributed by atoms with Crippen molar-refractivity contribution in [3.63, 3.8) is 0 Å². The molecule has 0 N–H and O–H groups in total. The van der Waals surface area contributed by atoms with E-state index in [2.05, 4.69) is 72.8 Å². The van der Waals surface area contributed by atoms with Gasteiger partial charge in [0.1, 0.15) is 17.8 Å². The molecule has 0 radical (unpaired) electrons. The van der Waals surface area contributed by atoms with Crippen LogP contribution >= 0.6 is 0 Å². The number of rotatable bonds is 7. The predicted molar refractivity (Wildman–Crippen MR) is 114 cm³/mol. The lowest BCUT2D eigenvalue weighted by Gasteiger charge is -2.37. The summed E-state index contributed by atoms with van der Waals surface area (Å²) in [4.78, 5) is 0. The van der Waals surface area contributed by atoms with Crippen LogP contribution in [0.15, 0.2) is 91.0 Å². The van der Waals surface area contributed by atoms with Crippen LogP contribution in [-0.4, -0.2) is 38.3 Å². The third kappa shape index (κ3) is 3.57. The fraction of sp³-hybridized carbons (Fsp3) is 0.308. The van der Waals surface area contributed by atoms with E-state index in [0.29, 0.717) is 6.61 Å². The van der Waals surface area contributed by atoms with Crippen LogP contribution in [0, 0.1) is 0 Å². The lowest BCUT2D eigenvalue weighted by Crippen LogP contribution is -2.42. The van der Waals surface area contributed by atoms with Gasteiger partial charge in [-0.05, 0) is 16.7 Å². The summed E-state index contributed by atoms with van der Waals surface area (Å²) >= 11 is 0. The first-order valence-corrected chi connectivity index (χ1v) is 10.5. The fourth-order valence-electron chi connectivity index (χ4n) is 4.45. The average molecular weight is 402 g/mol. The van der Waals surface area contributed by atoms with Gasteiger partial charge in [-0.1, -0.05) is 91.0 Å². The van der Waals surface area contributed by atoms with E-state index < -0.39 is 5.60 Å². The van der Waals surface area contributed by atoms with Crippen LogP contribution in [0.4, 0.5) is 0 Å². The Labute approximate surface area is 177 Å². The minimum Gasteiger partial charge on any atom is -0.366 e. The van der Waals surface area contributed by atoms with Crippen molar-refractivity contribution in [2.75, 3.05) is 13.7 Å². The Bertz CT molecular complexity index is 848. The Balaban J connectivity index is 1.56. The van der Waals surface area contributed by atoms with Gasteiger partial charge in [0, 0.05) is 13.5 Å². The molecule has 2 heterocycles. The molecule has 4 heteroatoms. The van der Waals surface area contributed by atoms with Crippen LogP contribution in [0.3, 0.4) is 0 Å². The van der Waals surface area contributed by atoms with E-state index in [4.69, 9.17) is 18.9 Å².